The van der Waals surface area contributed by atoms with Crippen LogP contribution >= 0.6 is 0 Å². The number of hydrogen-bond donors (Lipinski definition) is 1. The standard InChI is InChI=1S/C11H13F2NO2/c12-8-2-1-7(5-9(8)13)16-11-3-4-15-6-10(11)14/h1-2,5,10-11H,3-4,6,14H2. The van der Waals surface area contributed by atoms with Crippen LogP contribution in [-0.2, 0) is 4.74 Å². The molecule has 1 aliphatic rings. The lowest BCUT2D eigenvalue weighted by Crippen LogP contribution is -2.46. The van der Waals surface area contributed by atoms with Crippen LogP contribution in [0, 0.1) is 11.6 Å². The van der Waals surface area contributed by atoms with Crippen LogP contribution in [0.25, 0.3) is 0 Å². The fraction of sp³-hybridized carbons (Fsp3) is 0.455. The Morgan fingerprint density at radius 2 is 2.12 bits per heavy atom. The molecule has 1 saturated heterocycles. The normalized spacial score (nSPS) is 25.4. The van der Waals surface area contributed by atoms with E-state index in [1.54, 1.807) is 0 Å². The fourth-order valence-corrected chi connectivity index (χ4v) is 1.61. The minimum Gasteiger partial charge on any atom is -0.489 e. The van der Waals surface area contributed by atoms with E-state index in [9.17, 15) is 8.78 Å². The molecule has 88 valence electrons. The lowest BCUT2D eigenvalue weighted by atomic mass is 10.1. The van der Waals surface area contributed by atoms with E-state index in [4.69, 9.17) is 15.2 Å². The van der Waals surface area contributed by atoms with Gasteiger partial charge in [-0.25, -0.2) is 8.78 Å². The van der Waals surface area contributed by atoms with Crippen LogP contribution in [0.2, 0.25) is 0 Å². The highest BCUT2D eigenvalue weighted by Crippen LogP contribution is 2.19. The molecule has 1 aromatic rings. The van der Waals surface area contributed by atoms with E-state index in [-0.39, 0.29) is 12.1 Å². The molecule has 3 nitrogen and oxygen atoms in total. The van der Waals surface area contributed by atoms with Gasteiger partial charge in [-0.1, -0.05) is 0 Å². The van der Waals surface area contributed by atoms with Gasteiger partial charge in [-0.15, -0.1) is 0 Å². The Kier molecular flexibility index (Phi) is 3.36. The van der Waals surface area contributed by atoms with Crippen LogP contribution in [-0.4, -0.2) is 25.4 Å². The number of rotatable bonds is 2. The minimum absolute atomic E-state index is 0.210. The lowest BCUT2D eigenvalue weighted by molar-refractivity contribution is 0.00831. The minimum atomic E-state index is -0.918. The highest BCUT2D eigenvalue weighted by Gasteiger charge is 2.24. The topological polar surface area (TPSA) is 44.5 Å². The van der Waals surface area contributed by atoms with Gasteiger partial charge < -0.3 is 15.2 Å². The van der Waals surface area contributed by atoms with Gasteiger partial charge in [-0.2, -0.15) is 0 Å². The summed E-state index contributed by atoms with van der Waals surface area (Å²) in [5.74, 6) is -1.51. The molecule has 5 heteroatoms. The van der Waals surface area contributed by atoms with Gasteiger partial charge >= 0.3 is 0 Å². The lowest BCUT2D eigenvalue weighted by Gasteiger charge is -2.29. The first-order valence-corrected chi connectivity index (χ1v) is 5.12. The Balaban J connectivity index is 2.05. The first-order valence-electron chi connectivity index (χ1n) is 5.12. The van der Waals surface area contributed by atoms with Crippen LogP contribution < -0.4 is 10.5 Å². The third kappa shape index (κ3) is 2.48. The predicted molar refractivity (Wildman–Crippen MR) is 54.2 cm³/mol. The van der Waals surface area contributed by atoms with Crippen molar-refractivity contribution < 1.29 is 18.3 Å². The molecule has 1 heterocycles. The second-order valence-corrected chi connectivity index (χ2v) is 3.76. The maximum Gasteiger partial charge on any atom is 0.162 e. The van der Waals surface area contributed by atoms with E-state index in [0.717, 1.165) is 12.1 Å². The Bertz CT molecular complexity index is 373. The summed E-state index contributed by atoms with van der Waals surface area (Å²) < 4.78 is 36.2. The van der Waals surface area contributed by atoms with Gasteiger partial charge in [0.1, 0.15) is 11.9 Å². The smallest absolute Gasteiger partial charge is 0.162 e. The van der Waals surface area contributed by atoms with E-state index < -0.39 is 11.6 Å². The average molecular weight is 229 g/mol. The van der Waals surface area contributed by atoms with Crippen LogP contribution in [0.5, 0.6) is 5.75 Å². The second kappa shape index (κ2) is 4.76. The third-order valence-electron chi connectivity index (χ3n) is 2.51. The zero-order valence-electron chi connectivity index (χ0n) is 8.66. The van der Waals surface area contributed by atoms with Crippen molar-refractivity contribution in [3.05, 3.63) is 29.8 Å². The Labute approximate surface area is 92.1 Å². The zero-order chi connectivity index (χ0) is 11.5. The Morgan fingerprint density at radius 3 is 2.81 bits per heavy atom. The van der Waals surface area contributed by atoms with Gasteiger partial charge in [0.05, 0.1) is 19.3 Å². The van der Waals surface area contributed by atoms with E-state index in [1.165, 1.54) is 6.07 Å². The molecule has 2 atom stereocenters. The van der Waals surface area contributed by atoms with Gasteiger partial charge in [0.15, 0.2) is 11.6 Å². The monoisotopic (exact) mass is 229 g/mol. The highest BCUT2D eigenvalue weighted by molar-refractivity contribution is 5.24. The largest absolute Gasteiger partial charge is 0.489 e. The van der Waals surface area contributed by atoms with E-state index in [1.807, 2.05) is 0 Å². The predicted octanol–water partition coefficient (Wildman–Crippen LogP) is 1.46. The van der Waals surface area contributed by atoms with Crippen molar-refractivity contribution in [3.63, 3.8) is 0 Å². The van der Waals surface area contributed by atoms with Crippen molar-refractivity contribution in [1.82, 2.24) is 0 Å². The first-order chi connectivity index (χ1) is 7.66. The number of benzene rings is 1. The van der Waals surface area contributed by atoms with Crippen molar-refractivity contribution in [1.29, 1.82) is 0 Å². The summed E-state index contributed by atoms with van der Waals surface area (Å²) in [7, 11) is 0. The van der Waals surface area contributed by atoms with E-state index in [0.29, 0.717) is 25.4 Å². The van der Waals surface area contributed by atoms with Gasteiger partial charge in [0, 0.05) is 12.5 Å². The number of ether oxygens (including phenoxy) is 2. The van der Waals surface area contributed by atoms with E-state index >= 15 is 0 Å². The second-order valence-electron chi connectivity index (χ2n) is 3.76. The maximum absolute atomic E-state index is 12.9. The summed E-state index contributed by atoms with van der Waals surface area (Å²) in [5.41, 5.74) is 5.78. The molecule has 2 rings (SSSR count). The quantitative estimate of drug-likeness (QED) is 0.835. The molecule has 0 aromatic heterocycles. The van der Waals surface area contributed by atoms with Crippen molar-refractivity contribution in [2.45, 2.75) is 18.6 Å². The average Bonchev–Trinajstić information content (AvgIpc) is 2.27. The molecule has 1 aliphatic heterocycles. The Hall–Kier alpha value is -1.20. The summed E-state index contributed by atoms with van der Waals surface area (Å²) in [4.78, 5) is 0. The summed E-state index contributed by atoms with van der Waals surface area (Å²) in [6, 6.07) is 3.22. The van der Waals surface area contributed by atoms with Crippen LogP contribution in [0.1, 0.15) is 6.42 Å². The summed E-state index contributed by atoms with van der Waals surface area (Å²) in [5, 5.41) is 0. The molecule has 0 radical (unpaired) electrons. The molecular formula is C11H13F2NO2. The van der Waals surface area contributed by atoms with Crippen molar-refractivity contribution in [2.24, 2.45) is 5.73 Å². The van der Waals surface area contributed by atoms with Crippen molar-refractivity contribution in [2.75, 3.05) is 13.2 Å². The molecule has 1 aromatic carbocycles. The number of halogens is 2. The molecule has 0 aliphatic carbocycles. The van der Waals surface area contributed by atoms with Gasteiger partial charge in [0.2, 0.25) is 0 Å². The molecule has 0 bridgehead atoms. The third-order valence-corrected chi connectivity index (χ3v) is 2.51. The molecule has 0 amide bonds. The van der Waals surface area contributed by atoms with Gasteiger partial charge in [-0.05, 0) is 12.1 Å². The van der Waals surface area contributed by atoms with Gasteiger partial charge in [0.25, 0.3) is 0 Å². The maximum atomic E-state index is 12.9. The SMILES string of the molecule is NC1COCCC1Oc1ccc(F)c(F)c1. The van der Waals surface area contributed by atoms with Crippen LogP contribution in [0.4, 0.5) is 8.78 Å². The molecular weight excluding hydrogens is 216 g/mol. The van der Waals surface area contributed by atoms with E-state index in [2.05, 4.69) is 0 Å². The molecule has 2 unspecified atom stereocenters. The van der Waals surface area contributed by atoms with Crippen molar-refractivity contribution in [3.8, 4) is 5.75 Å². The fourth-order valence-electron chi connectivity index (χ4n) is 1.61. The van der Waals surface area contributed by atoms with Crippen molar-refractivity contribution >= 4 is 0 Å². The highest BCUT2D eigenvalue weighted by atomic mass is 19.2. The van der Waals surface area contributed by atoms with Gasteiger partial charge in [-0.3, -0.25) is 0 Å². The summed E-state index contributed by atoms with van der Waals surface area (Å²) in [6.45, 7) is 0.996. The van der Waals surface area contributed by atoms with Crippen LogP contribution in [0.3, 0.4) is 0 Å². The Morgan fingerprint density at radius 1 is 1.31 bits per heavy atom. The molecule has 1 fully saturated rings. The molecule has 0 spiro atoms. The molecule has 0 saturated carbocycles. The summed E-state index contributed by atoms with van der Waals surface area (Å²) in [6.07, 6.45) is 0.443. The molecule has 16 heavy (non-hydrogen) atoms. The number of hydrogen-bond acceptors (Lipinski definition) is 3. The first kappa shape index (κ1) is 11.3. The van der Waals surface area contributed by atoms with Crippen LogP contribution in [0.15, 0.2) is 18.2 Å². The number of nitrogens with two attached hydrogens (primary N) is 1. The molecule has 2 N–H and O–H groups in total. The zero-order valence-corrected chi connectivity index (χ0v) is 8.66. The summed E-state index contributed by atoms with van der Waals surface area (Å²) >= 11 is 0.